The number of esters is 1. The van der Waals surface area contributed by atoms with Crippen LogP contribution in [-0.2, 0) is 20.3 Å². The highest BCUT2D eigenvalue weighted by Crippen LogP contribution is 2.18. The minimum atomic E-state index is -1.28. The van der Waals surface area contributed by atoms with Crippen LogP contribution in [0.5, 0.6) is 0 Å². The first-order valence-corrected chi connectivity index (χ1v) is 6.64. The zero-order valence-corrected chi connectivity index (χ0v) is 10.8. The van der Waals surface area contributed by atoms with Crippen molar-refractivity contribution in [2.45, 2.75) is 17.7 Å². The molecular formula is C11H12ClFO3S. The number of ether oxygens (including phenoxy) is 1. The summed E-state index contributed by atoms with van der Waals surface area (Å²) >= 11 is 5.58. The van der Waals surface area contributed by atoms with Crippen molar-refractivity contribution < 1.29 is 18.1 Å². The Morgan fingerprint density at radius 1 is 1.53 bits per heavy atom. The molecule has 0 saturated carbocycles. The Labute approximate surface area is 106 Å². The summed E-state index contributed by atoms with van der Waals surface area (Å²) in [6.45, 7) is 0. The molecule has 0 fully saturated rings. The number of carbonyl (C=O) groups excluding carboxylic acids is 1. The molecule has 0 saturated heterocycles. The molecule has 1 aromatic rings. The van der Waals surface area contributed by atoms with E-state index >= 15 is 0 Å². The Kier molecular flexibility index (Phi) is 5.58. The Balaban J connectivity index is 2.52. The van der Waals surface area contributed by atoms with Gasteiger partial charge in [0.15, 0.2) is 0 Å². The summed E-state index contributed by atoms with van der Waals surface area (Å²) in [7, 11) is 0.0254. The SMILES string of the molecule is COC(=O)CCCS(=O)c1ccc(F)c(Cl)c1. The summed E-state index contributed by atoms with van der Waals surface area (Å²) in [5.74, 6) is -0.557. The van der Waals surface area contributed by atoms with Gasteiger partial charge in [-0.2, -0.15) is 0 Å². The van der Waals surface area contributed by atoms with Gasteiger partial charge in [-0.1, -0.05) is 11.6 Å². The average molecular weight is 279 g/mol. The van der Waals surface area contributed by atoms with Crippen molar-refractivity contribution in [3.8, 4) is 0 Å². The predicted molar refractivity (Wildman–Crippen MR) is 63.9 cm³/mol. The van der Waals surface area contributed by atoms with Gasteiger partial charge in [-0.05, 0) is 24.6 Å². The Morgan fingerprint density at radius 2 is 2.24 bits per heavy atom. The second-order valence-electron chi connectivity index (χ2n) is 3.31. The van der Waals surface area contributed by atoms with Crippen LogP contribution in [0, 0.1) is 5.82 Å². The van der Waals surface area contributed by atoms with Crippen molar-refractivity contribution >= 4 is 28.4 Å². The molecule has 94 valence electrons. The number of benzene rings is 1. The van der Waals surface area contributed by atoms with Gasteiger partial charge in [0, 0.05) is 17.1 Å². The Hall–Kier alpha value is -0.940. The zero-order valence-electron chi connectivity index (χ0n) is 9.24. The highest BCUT2D eigenvalue weighted by molar-refractivity contribution is 7.85. The summed E-state index contributed by atoms with van der Waals surface area (Å²) in [4.78, 5) is 11.3. The lowest BCUT2D eigenvalue weighted by Crippen LogP contribution is -2.04. The molecule has 3 nitrogen and oxygen atoms in total. The number of methoxy groups -OCH3 is 1. The fourth-order valence-electron chi connectivity index (χ4n) is 1.19. The molecule has 0 amide bonds. The second-order valence-corrected chi connectivity index (χ2v) is 5.28. The minimum Gasteiger partial charge on any atom is -0.469 e. The van der Waals surface area contributed by atoms with Gasteiger partial charge >= 0.3 is 5.97 Å². The molecule has 0 aliphatic heterocycles. The van der Waals surface area contributed by atoms with Gasteiger partial charge < -0.3 is 4.74 Å². The van der Waals surface area contributed by atoms with Crippen LogP contribution >= 0.6 is 11.6 Å². The third kappa shape index (κ3) is 4.44. The van der Waals surface area contributed by atoms with E-state index in [-0.39, 0.29) is 17.4 Å². The average Bonchev–Trinajstić information content (AvgIpc) is 2.32. The lowest BCUT2D eigenvalue weighted by Gasteiger charge is -2.03. The molecule has 0 aromatic heterocycles. The van der Waals surface area contributed by atoms with E-state index in [2.05, 4.69) is 4.74 Å². The van der Waals surface area contributed by atoms with Crippen LogP contribution in [0.3, 0.4) is 0 Å². The van der Waals surface area contributed by atoms with Crippen LogP contribution in [0.1, 0.15) is 12.8 Å². The van der Waals surface area contributed by atoms with Crippen LogP contribution in [0.15, 0.2) is 23.1 Å². The number of carbonyl (C=O) groups is 1. The molecule has 1 aromatic carbocycles. The van der Waals surface area contributed by atoms with Crippen LogP contribution in [0.25, 0.3) is 0 Å². The molecule has 1 atom stereocenters. The molecule has 1 rings (SSSR count). The minimum absolute atomic E-state index is 0.0520. The van der Waals surface area contributed by atoms with E-state index in [9.17, 15) is 13.4 Å². The van der Waals surface area contributed by atoms with E-state index in [0.29, 0.717) is 17.1 Å². The van der Waals surface area contributed by atoms with Crippen molar-refractivity contribution in [2.75, 3.05) is 12.9 Å². The molecule has 0 N–H and O–H groups in total. The summed E-state index contributed by atoms with van der Waals surface area (Å²) in [6, 6.07) is 3.94. The van der Waals surface area contributed by atoms with Gasteiger partial charge in [0.1, 0.15) is 5.82 Å². The molecule has 17 heavy (non-hydrogen) atoms. The highest BCUT2D eigenvalue weighted by atomic mass is 35.5. The van der Waals surface area contributed by atoms with Crippen molar-refractivity contribution in [1.29, 1.82) is 0 Å². The summed E-state index contributed by atoms with van der Waals surface area (Å²) in [5, 5.41) is -0.0520. The van der Waals surface area contributed by atoms with Gasteiger partial charge in [-0.25, -0.2) is 4.39 Å². The van der Waals surface area contributed by atoms with Gasteiger partial charge in [-0.3, -0.25) is 9.00 Å². The lowest BCUT2D eigenvalue weighted by molar-refractivity contribution is -0.140. The molecular weight excluding hydrogens is 267 g/mol. The molecule has 0 heterocycles. The second kappa shape index (κ2) is 6.71. The molecule has 0 radical (unpaired) electrons. The monoisotopic (exact) mass is 278 g/mol. The zero-order chi connectivity index (χ0) is 12.8. The molecule has 0 bridgehead atoms. The van der Waals surface area contributed by atoms with Crippen molar-refractivity contribution in [2.24, 2.45) is 0 Å². The first kappa shape index (κ1) is 14.1. The third-order valence-electron chi connectivity index (χ3n) is 2.09. The van der Waals surface area contributed by atoms with E-state index in [1.807, 2.05) is 0 Å². The van der Waals surface area contributed by atoms with E-state index in [4.69, 9.17) is 11.6 Å². The van der Waals surface area contributed by atoms with Crippen LogP contribution in [0.4, 0.5) is 4.39 Å². The number of rotatable bonds is 5. The van der Waals surface area contributed by atoms with E-state index in [1.54, 1.807) is 0 Å². The lowest BCUT2D eigenvalue weighted by atomic mass is 10.3. The smallest absolute Gasteiger partial charge is 0.305 e. The predicted octanol–water partition coefficient (Wildman–Crippen LogP) is 2.54. The maximum atomic E-state index is 12.9. The maximum absolute atomic E-state index is 12.9. The van der Waals surface area contributed by atoms with Crippen LogP contribution in [-0.4, -0.2) is 23.0 Å². The number of hydrogen-bond acceptors (Lipinski definition) is 3. The first-order valence-electron chi connectivity index (χ1n) is 4.95. The molecule has 1 unspecified atom stereocenters. The largest absolute Gasteiger partial charge is 0.469 e. The molecule has 0 spiro atoms. The Morgan fingerprint density at radius 3 is 2.82 bits per heavy atom. The topological polar surface area (TPSA) is 43.4 Å². The molecule has 6 heteroatoms. The van der Waals surface area contributed by atoms with Crippen molar-refractivity contribution in [3.05, 3.63) is 29.0 Å². The first-order chi connectivity index (χ1) is 8.04. The fraction of sp³-hybridized carbons (Fsp3) is 0.364. The van der Waals surface area contributed by atoms with Crippen LogP contribution < -0.4 is 0 Å². The number of halogens is 2. The highest BCUT2D eigenvalue weighted by Gasteiger charge is 2.08. The van der Waals surface area contributed by atoms with E-state index in [1.165, 1.54) is 25.3 Å². The fourth-order valence-corrected chi connectivity index (χ4v) is 2.54. The molecule has 0 aliphatic carbocycles. The van der Waals surface area contributed by atoms with Gasteiger partial charge in [0.2, 0.25) is 0 Å². The van der Waals surface area contributed by atoms with E-state index in [0.717, 1.165) is 0 Å². The number of hydrogen-bond donors (Lipinski definition) is 0. The van der Waals surface area contributed by atoms with Crippen molar-refractivity contribution in [3.63, 3.8) is 0 Å². The van der Waals surface area contributed by atoms with Crippen LogP contribution in [0.2, 0.25) is 5.02 Å². The summed E-state index contributed by atoms with van der Waals surface area (Å²) < 4.78 is 29.1. The third-order valence-corrected chi connectivity index (χ3v) is 3.82. The summed E-state index contributed by atoms with van der Waals surface area (Å²) in [6.07, 6.45) is 0.672. The summed E-state index contributed by atoms with van der Waals surface area (Å²) in [5.41, 5.74) is 0. The normalized spacial score (nSPS) is 12.2. The standard InChI is InChI=1S/C11H12ClFO3S/c1-16-11(14)3-2-6-17(15)8-4-5-10(13)9(12)7-8/h4-5,7H,2-3,6H2,1H3. The van der Waals surface area contributed by atoms with Gasteiger partial charge in [-0.15, -0.1) is 0 Å². The maximum Gasteiger partial charge on any atom is 0.305 e. The van der Waals surface area contributed by atoms with E-state index < -0.39 is 16.6 Å². The van der Waals surface area contributed by atoms with Crippen molar-refractivity contribution in [1.82, 2.24) is 0 Å². The Bertz CT molecular complexity index is 437. The molecule has 0 aliphatic rings. The van der Waals surface area contributed by atoms with Gasteiger partial charge in [0.25, 0.3) is 0 Å². The van der Waals surface area contributed by atoms with Gasteiger partial charge in [0.05, 0.1) is 22.9 Å². The quantitative estimate of drug-likeness (QED) is 0.778.